The zero-order valence-corrected chi connectivity index (χ0v) is 23.4. The number of para-hydroxylation sites is 1. The molecule has 0 spiro atoms. The van der Waals surface area contributed by atoms with Gasteiger partial charge in [-0.3, -0.25) is 9.59 Å². The molecule has 0 atom stereocenters. The lowest BCUT2D eigenvalue weighted by Crippen LogP contribution is -2.37. The van der Waals surface area contributed by atoms with Crippen molar-refractivity contribution in [3.8, 4) is 5.75 Å². The van der Waals surface area contributed by atoms with E-state index in [-0.39, 0.29) is 16.7 Å². The lowest BCUT2D eigenvalue weighted by atomic mass is 9.93. The molecule has 2 amide bonds. The number of benzene rings is 2. The molecule has 9 nitrogen and oxygen atoms in total. The summed E-state index contributed by atoms with van der Waals surface area (Å²) < 4.78 is 29.7. The van der Waals surface area contributed by atoms with E-state index in [0.29, 0.717) is 48.1 Å². The highest BCUT2D eigenvalue weighted by molar-refractivity contribution is 7.90. The van der Waals surface area contributed by atoms with Crippen LogP contribution in [0.4, 0.5) is 11.5 Å². The van der Waals surface area contributed by atoms with Crippen molar-refractivity contribution in [2.45, 2.75) is 30.7 Å². The van der Waals surface area contributed by atoms with Gasteiger partial charge in [0.25, 0.3) is 5.91 Å². The molecule has 1 saturated heterocycles. The van der Waals surface area contributed by atoms with Gasteiger partial charge in [-0.25, -0.2) is 13.4 Å². The van der Waals surface area contributed by atoms with Crippen molar-refractivity contribution in [1.82, 2.24) is 10.3 Å². The minimum Gasteiger partial charge on any atom is -0.496 e. The Balaban J connectivity index is 1.41. The number of carbonyl (C=O) groups is 2. The molecule has 0 unspecified atom stereocenters. The third kappa shape index (κ3) is 7.48. The maximum atomic E-state index is 12.9. The zero-order chi connectivity index (χ0) is 28.0. The molecule has 1 aliphatic rings. The van der Waals surface area contributed by atoms with Gasteiger partial charge in [-0.1, -0.05) is 35.9 Å². The second-order valence-electron chi connectivity index (χ2n) is 9.50. The fourth-order valence-electron chi connectivity index (χ4n) is 4.54. The van der Waals surface area contributed by atoms with Crippen LogP contribution in [0.3, 0.4) is 0 Å². The van der Waals surface area contributed by atoms with Crippen LogP contribution in [0.5, 0.6) is 5.75 Å². The largest absolute Gasteiger partial charge is 0.496 e. The summed E-state index contributed by atoms with van der Waals surface area (Å²) in [4.78, 5) is 32.0. The molecular formula is C28H31ClN4O5S. The molecule has 0 aliphatic carbocycles. The number of nitrogens with one attached hydrogen (secondary N) is 2. The van der Waals surface area contributed by atoms with E-state index in [0.717, 1.165) is 30.4 Å². The summed E-state index contributed by atoms with van der Waals surface area (Å²) in [6, 6.07) is 15.5. The average molecular weight is 571 g/mol. The van der Waals surface area contributed by atoms with Gasteiger partial charge < -0.3 is 20.3 Å². The fraction of sp³-hybridized carbons (Fsp3) is 0.321. The number of pyridine rings is 1. The third-order valence-electron chi connectivity index (χ3n) is 6.66. The summed E-state index contributed by atoms with van der Waals surface area (Å²) in [5, 5.41) is 6.20. The smallest absolute Gasteiger partial charge is 0.255 e. The minimum atomic E-state index is -3.54. The molecular weight excluding hydrogens is 540 g/mol. The maximum Gasteiger partial charge on any atom is 0.255 e. The summed E-state index contributed by atoms with van der Waals surface area (Å²) in [6.07, 6.45) is 4.30. The Morgan fingerprint density at radius 2 is 1.85 bits per heavy atom. The Kier molecular flexibility index (Phi) is 9.08. The lowest BCUT2D eigenvalue weighted by molar-refractivity contribution is -0.122. The first-order valence-corrected chi connectivity index (χ1v) is 14.8. The minimum absolute atomic E-state index is 0.00856. The van der Waals surface area contributed by atoms with Crippen LogP contribution in [0.15, 0.2) is 65.7 Å². The quantitative estimate of drug-likeness (QED) is 0.393. The van der Waals surface area contributed by atoms with Gasteiger partial charge in [-0.2, -0.15) is 0 Å². The van der Waals surface area contributed by atoms with Crippen LogP contribution in [-0.4, -0.2) is 51.7 Å². The first-order chi connectivity index (χ1) is 18.6. The van der Waals surface area contributed by atoms with Crippen LogP contribution >= 0.6 is 11.6 Å². The molecule has 1 aliphatic heterocycles. The summed E-state index contributed by atoms with van der Waals surface area (Å²) >= 11 is 6.03. The van der Waals surface area contributed by atoms with Crippen LogP contribution in [0.1, 0.15) is 35.2 Å². The van der Waals surface area contributed by atoms with Gasteiger partial charge in [-0.15, -0.1) is 0 Å². The number of piperidine rings is 1. The number of hydrogen-bond acceptors (Lipinski definition) is 7. The van der Waals surface area contributed by atoms with Crippen LogP contribution in [-0.2, 0) is 21.2 Å². The van der Waals surface area contributed by atoms with Gasteiger partial charge in [0.2, 0.25) is 5.91 Å². The number of ether oxygens (including phenoxy) is 1. The number of sulfone groups is 1. The van der Waals surface area contributed by atoms with Crippen molar-refractivity contribution in [3.05, 3.63) is 76.9 Å². The van der Waals surface area contributed by atoms with E-state index >= 15 is 0 Å². The van der Waals surface area contributed by atoms with E-state index in [1.54, 1.807) is 25.3 Å². The standard InChI is InChI=1S/C28H31ClN4O5S/c1-38-25-9-4-3-6-21(25)17-30-26(34)14-19-10-12-33(13-11-19)27-24(16-23(18-31-27)39(2,36)37)32-28(35)20-7-5-8-22(29)15-20/h3-9,15-16,18-19H,10-14,17H2,1-2H3,(H,30,34)(H,32,35). The van der Waals surface area contributed by atoms with Gasteiger partial charge in [0.15, 0.2) is 15.7 Å². The molecule has 2 aromatic carbocycles. The van der Waals surface area contributed by atoms with Crippen LogP contribution in [0, 0.1) is 5.92 Å². The number of amides is 2. The average Bonchev–Trinajstić information content (AvgIpc) is 2.92. The second-order valence-corrected chi connectivity index (χ2v) is 12.0. The third-order valence-corrected chi connectivity index (χ3v) is 7.98. The normalized spacial score (nSPS) is 14.1. The van der Waals surface area contributed by atoms with Crippen molar-refractivity contribution in [2.24, 2.45) is 5.92 Å². The van der Waals surface area contributed by atoms with Crippen molar-refractivity contribution < 1.29 is 22.7 Å². The highest BCUT2D eigenvalue weighted by atomic mass is 35.5. The summed E-state index contributed by atoms with van der Waals surface area (Å²) in [5.41, 5.74) is 1.56. The van der Waals surface area contributed by atoms with Crippen molar-refractivity contribution in [1.29, 1.82) is 0 Å². The predicted octanol–water partition coefficient (Wildman–Crippen LogP) is 4.32. The molecule has 11 heteroatoms. The molecule has 4 rings (SSSR count). The zero-order valence-electron chi connectivity index (χ0n) is 21.8. The van der Waals surface area contributed by atoms with E-state index in [2.05, 4.69) is 15.6 Å². The highest BCUT2D eigenvalue weighted by Gasteiger charge is 2.25. The highest BCUT2D eigenvalue weighted by Crippen LogP contribution is 2.31. The van der Waals surface area contributed by atoms with Crippen molar-refractivity contribution >= 4 is 44.8 Å². The first kappa shape index (κ1) is 28.4. The van der Waals surface area contributed by atoms with E-state index in [1.807, 2.05) is 29.2 Å². The maximum absolute atomic E-state index is 12.9. The van der Waals surface area contributed by atoms with E-state index in [4.69, 9.17) is 16.3 Å². The molecule has 1 fully saturated rings. The molecule has 0 saturated carbocycles. The molecule has 0 bridgehead atoms. The molecule has 39 heavy (non-hydrogen) atoms. The Morgan fingerprint density at radius 3 is 2.54 bits per heavy atom. The predicted molar refractivity (Wildman–Crippen MR) is 151 cm³/mol. The number of methoxy groups -OCH3 is 1. The Bertz CT molecular complexity index is 1460. The lowest BCUT2D eigenvalue weighted by Gasteiger charge is -2.33. The molecule has 0 radical (unpaired) electrons. The van der Waals surface area contributed by atoms with Gasteiger partial charge in [0.05, 0.1) is 17.7 Å². The van der Waals surface area contributed by atoms with Gasteiger partial charge in [-0.05, 0) is 49.1 Å². The SMILES string of the molecule is COc1ccccc1CNC(=O)CC1CCN(c2ncc(S(C)(=O)=O)cc2NC(=O)c2cccc(Cl)c2)CC1. The molecule has 206 valence electrons. The van der Waals surface area contributed by atoms with Gasteiger partial charge in [0, 0.05) is 54.7 Å². The van der Waals surface area contributed by atoms with Crippen molar-refractivity contribution in [2.75, 3.05) is 36.7 Å². The van der Waals surface area contributed by atoms with E-state index in [1.165, 1.54) is 18.3 Å². The number of nitrogens with zero attached hydrogens (tertiary/aromatic N) is 2. The Morgan fingerprint density at radius 1 is 1.10 bits per heavy atom. The van der Waals surface area contributed by atoms with Crippen LogP contribution in [0.2, 0.25) is 5.02 Å². The van der Waals surface area contributed by atoms with Crippen LogP contribution < -0.4 is 20.3 Å². The topological polar surface area (TPSA) is 118 Å². The molecule has 3 aromatic rings. The number of hydrogen-bond donors (Lipinski definition) is 2. The number of halogens is 1. The van der Waals surface area contributed by atoms with Crippen LogP contribution in [0.25, 0.3) is 0 Å². The number of carbonyl (C=O) groups excluding carboxylic acids is 2. The second kappa shape index (κ2) is 12.5. The summed E-state index contributed by atoms with van der Waals surface area (Å²) in [5.74, 6) is 0.964. The number of anilines is 2. The fourth-order valence-corrected chi connectivity index (χ4v) is 5.30. The van der Waals surface area contributed by atoms with E-state index in [9.17, 15) is 18.0 Å². The number of rotatable bonds is 9. The monoisotopic (exact) mass is 570 g/mol. The summed E-state index contributed by atoms with van der Waals surface area (Å²) in [7, 11) is -1.93. The van der Waals surface area contributed by atoms with E-state index < -0.39 is 15.7 Å². The molecule has 1 aromatic heterocycles. The van der Waals surface area contributed by atoms with Gasteiger partial charge in [0.1, 0.15) is 5.75 Å². The summed E-state index contributed by atoms with van der Waals surface area (Å²) in [6.45, 7) is 1.61. The Hall–Kier alpha value is -3.63. The first-order valence-electron chi connectivity index (χ1n) is 12.5. The van der Waals surface area contributed by atoms with Crippen molar-refractivity contribution in [3.63, 3.8) is 0 Å². The number of aromatic nitrogens is 1. The van der Waals surface area contributed by atoms with Gasteiger partial charge >= 0.3 is 0 Å². The Labute approximate surface area is 233 Å². The molecule has 2 N–H and O–H groups in total. The molecule has 2 heterocycles.